The number of nitrogens with zero attached hydrogens (tertiary/aromatic N) is 3. The summed E-state index contributed by atoms with van der Waals surface area (Å²) in [6, 6.07) is 7.05. The van der Waals surface area contributed by atoms with Crippen LogP contribution in [0.5, 0.6) is 0 Å². The minimum absolute atomic E-state index is 0.490. The molecule has 1 aromatic carbocycles. The molecule has 1 saturated heterocycles. The first kappa shape index (κ1) is 16.2. The minimum atomic E-state index is 0.490. The average Bonchev–Trinajstić information content (AvgIpc) is 3.16. The molecule has 1 aliphatic heterocycles. The Morgan fingerprint density at radius 2 is 1.92 bits per heavy atom. The molecule has 1 saturated carbocycles. The third-order valence-corrected chi connectivity index (χ3v) is 6.36. The van der Waals surface area contributed by atoms with Gasteiger partial charge in [0.2, 0.25) is 5.95 Å². The molecule has 2 aromatic rings. The van der Waals surface area contributed by atoms with Gasteiger partial charge in [0.25, 0.3) is 0 Å². The predicted molar refractivity (Wildman–Crippen MR) is 102 cm³/mol. The van der Waals surface area contributed by atoms with Gasteiger partial charge >= 0.3 is 0 Å². The smallest absolute Gasteiger partial charge is 0.223 e. The maximum absolute atomic E-state index is 4.91. The summed E-state index contributed by atoms with van der Waals surface area (Å²) in [5, 5.41) is 4.75. The Hall–Kier alpha value is -1.33. The van der Waals surface area contributed by atoms with Crippen LogP contribution in [-0.4, -0.2) is 39.7 Å². The fourth-order valence-electron chi connectivity index (χ4n) is 4.08. The van der Waals surface area contributed by atoms with Crippen LogP contribution in [0.15, 0.2) is 24.4 Å². The summed E-state index contributed by atoms with van der Waals surface area (Å²) >= 11 is 1.85. The zero-order valence-corrected chi connectivity index (χ0v) is 15.2. The topological polar surface area (TPSA) is 41.0 Å². The quantitative estimate of drug-likeness (QED) is 0.832. The van der Waals surface area contributed by atoms with Gasteiger partial charge in [0, 0.05) is 30.7 Å². The van der Waals surface area contributed by atoms with Gasteiger partial charge in [-0.1, -0.05) is 43.0 Å². The highest BCUT2D eigenvalue weighted by Gasteiger charge is 2.21. The molecule has 0 amide bonds. The molecular weight excluding hydrogens is 316 g/mol. The van der Waals surface area contributed by atoms with Gasteiger partial charge < -0.3 is 5.32 Å². The molecule has 128 valence electrons. The van der Waals surface area contributed by atoms with Crippen molar-refractivity contribution in [3.8, 4) is 0 Å². The molecule has 0 spiro atoms. The van der Waals surface area contributed by atoms with Crippen LogP contribution in [-0.2, 0) is 0 Å². The lowest BCUT2D eigenvalue weighted by atomic mass is 9.95. The highest BCUT2D eigenvalue weighted by atomic mass is 32.2. The number of aromatic nitrogens is 2. The maximum atomic E-state index is 4.91. The molecule has 2 aliphatic rings. The molecule has 5 heteroatoms. The van der Waals surface area contributed by atoms with Gasteiger partial charge in [-0.05, 0) is 43.4 Å². The molecule has 1 aliphatic carbocycles. The number of rotatable bonds is 4. The summed E-state index contributed by atoms with van der Waals surface area (Å²) in [6.07, 6.45) is 11.8. The van der Waals surface area contributed by atoms with Gasteiger partial charge in [-0.25, -0.2) is 9.97 Å². The van der Waals surface area contributed by atoms with Gasteiger partial charge in [-0.15, -0.1) is 0 Å². The zero-order valence-electron chi connectivity index (χ0n) is 14.4. The summed E-state index contributed by atoms with van der Waals surface area (Å²) in [6.45, 7) is 2.28. The van der Waals surface area contributed by atoms with E-state index in [-0.39, 0.29) is 0 Å². The summed E-state index contributed by atoms with van der Waals surface area (Å²) < 4.78 is 2.43. The third-order valence-electron chi connectivity index (χ3n) is 5.48. The predicted octanol–water partition coefficient (Wildman–Crippen LogP) is 4.44. The van der Waals surface area contributed by atoms with Crippen molar-refractivity contribution in [1.82, 2.24) is 14.3 Å². The molecule has 1 aromatic heterocycles. The Kier molecular flexibility index (Phi) is 4.90. The van der Waals surface area contributed by atoms with E-state index in [1.807, 2.05) is 18.1 Å². The number of anilines is 1. The Bertz CT molecular complexity index is 691. The van der Waals surface area contributed by atoms with E-state index in [1.165, 1.54) is 36.6 Å². The first-order valence-electron chi connectivity index (χ1n) is 9.15. The van der Waals surface area contributed by atoms with Crippen LogP contribution in [0.3, 0.4) is 0 Å². The maximum Gasteiger partial charge on any atom is 0.223 e. The molecule has 4 rings (SSSR count). The molecule has 0 bridgehead atoms. The van der Waals surface area contributed by atoms with E-state index < -0.39 is 0 Å². The minimum Gasteiger partial charge on any atom is -0.351 e. The lowest BCUT2D eigenvalue weighted by Crippen LogP contribution is -2.35. The normalized spacial score (nSPS) is 20.7. The fourth-order valence-corrected chi connectivity index (χ4v) is 4.66. The van der Waals surface area contributed by atoms with Crippen LogP contribution in [0.2, 0.25) is 0 Å². The number of hydrogen-bond acceptors (Lipinski definition) is 5. The van der Waals surface area contributed by atoms with E-state index in [4.69, 9.17) is 4.98 Å². The van der Waals surface area contributed by atoms with E-state index in [0.717, 1.165) is 37.4 Å². The van der Waals surface area contributed by atoms with Crippen LogP contribution in [0.25, 0.3) is 10.9 Å². The Labute approximate surface area is 148 Å². The summed E-state index contributed by atoms with van der Waals surface area (Å²) in [5.74, 6) is 1.48. The highest BCUT2D eigenvalue weighted by molar-refractivity contribution is 7.96. The molecule has 4 nitrogen and oxygen atoms in total. The largest absolute Gasteiger partial charge is 0.351 e. The van der Waals surface area contributed by atoms with E-state index in [1.54, 1.807) is 0 Å². The number of para-hydroxylation sites is 1. The fraction of sp³-hybridized carbons (Fsp3) is 0.579. The first-order chi connectivity index (χ1) is 11.8. The Morgan fingerprint density at radius 3 is 2.67 bits per heavy atom. The van der Waals surface area contributed by atoms with Crippen molar-refractivity contribution in [2.45, 2.75) is 50.5 Å². The van der Waals surface area contributed by atoms with Gasteiger partial charge in [0.05, 0.1) is 5.52 Å². The molecule has 0 unspecified atom stereocenters. The molecule has 2 fully saturated rings. The number of nitrogens with one attached hydrogen (secondary N) is 1. The molecule has 1 N–H and O–H groups in total. The van der Waals surface area contributed by atoms with E-state index in [9.17, 15) is 0 Å². The SMILES string of the molecule is CSN1CCC(Nc2ncc3cccc(C4CCCC4)c3n2)CC1. The van der Waals surface area contributed by atoms with E-state index >= 15 is 0 Å². The first-order valence-corrected chi connectivity index (χ1v) is 10.3. The van der Waals surface area contributed by atoms with Gasteiger partial charge in [0.15, 0.2) is 0 Å². The second-order valence-electron chi connectivity index (χ2n) is 6.99. The number of fused-ring (bicyclic) bond motifs is 1. The van der Waals surface area contributed by atoms with E-state index in [2.05, 4.69) is 39.1 Å². The summed E-state index contributed by atoms with van der Waals surface area (Å²) in [4.78, 5) is 9.48. The van der Waals surface area contributed by atoms with Crippen molar-refractivity contribution in [2.24, 2.45) is 0 Å². The molecule has 0 atom stereocenters. The number of piperidine rings is 1. The lowest BCUT2D eigenvalue weighted by Gasteiger charge is -2.30. The van der Waals surface area contributed by atoms with Crippen LogP contribution in [0.1, 0.15) is 50.0 Å². The van der Waals surface area contributed by atoms with E-state index in [0.29, 0.717) is 12.0 Å². The van der Waals surface area contributed by atoms with Gasteiger partial charge in [-0.2, -0.15) is 0 Å². The summed E-state index contributed by atoms with van der Waals surface area (Å²) in [7, 11) is 0. The van der Waals surface area contributed by atoms with Crippen molar-refractivity contribution in [2.75, 3.05) is 24.7 Å². The molecular formula is C19H26N4S. The van der Waals surface area contributed by atoms with Crippen molar-refractivity contribution in [1.29, 1.82) is 0 Å². The number of hydrogen-bond donors (Lipinski definition) is 1. The van der Waals surface area contributed by atoms with Gasteiger partial charge in [-0.3, -0.25) is 4.31 Å². The summed E-state index contributed by atoms with van der Waals surface area (Å²) in [5.41, 5.74) is 2.58. The Morgan fingerprint density at radius 1 is 1.12 bits per heavy atom. The average molecular weight is 343 g/mol. The van der Waals surface area contributed by atoms with Crippen molar-refractivity contribution >= 4 is 28.8 Å². The highest BCUT2D eigenvalue weighted by Crippen LogP contribution is 2.37. The molecule has 0 radical (unpaired) electrons. The van der Waals surface area contributed by atoms with Crippen molar-refractivity contribution in [3.63, 3.8) is 0 Å². The molecule has 2 heterocycles. The number of benzene rings is 1. The Balaban J connectivity index is 1.55. The third kappa shape index (κ3) is 3.38. The second-order valence-corrected chi connectivity index (χ2v) is 7.87. The monoisotopic (exact) mass is 342 g/mol. The molecule has 24 heavy (non-hydrogen) atoms. The second kappa shape index (κ2) is 7.28. The van der Waals surface area contributed by atoms with Gasteiger partial charge in [0.1, 0.15) is 0 Å². The van der Waals surface area contributed by atoms with Crippen LogP contribution in [0, 0.1) is 0 Å². The lowest BCUT2D eigenvalue weighted by molar-refractivity contribution is 0.358. The van der Waals surface area contributed by atoms with Crippen molar-refractivity contribution < 1.29 is 0 Å². The van der Waals surface area contributed by atoms with Crippen LogP contribution in [0.4, 0.5) is 5.95 Å². The zero-order chi connectivity index (χ0) is 16.4. The van der Waals surface area contributed by atoms with Crippen molar-refractivity contribution in [3.05, 3.63) is 30.0 Å². The standard InChI is InChI=1S/C19H26N4S/c1-24-23-11-9-16(10-12-23)21-19-20-13-15-7-4-8-17(18(15)22-19)14-5-2-3-6-14/h4,7-8,13-14,16H,2-3,5-6,9-12H2,1H3,(H,20,21,22). The van der Waals surface area contributed by atoms with Crippen LogP contribution < -0.4 is 5.32 Å². The van der Waals surface area contributed by atoms with Crippen LogP contribution >= 0.6 is 11.9 Å².